The molecule has 12 nitrogen and oxygen atoms in total. The van der Waals surface area contributed by atoms with Crippen molar-refractivity contribution < 1.29 is 33.7 Å². The molecule has 210 valence electrons. The first-order valence-corrected chi connectivity index (χ1v) is 15.3. The summed E-state index contributed by atoms with van der Waals surface area (Å²) in [5.74, 6) is 0.212. The van der Waals surface area contributed by atoms with Crippen LogP contribution in [0.3, 0.4) is 0 Å². The fourth-order valence-electron chi connectivity index (χ4n) is 3.35. The molecule has 1 aliphatic rings. The van der Waals surface area contributed by atoms with E-state index in [-0.39, 0.29) is 43.1 Å². The van der Waals surface area contributed by atoms with Gasteiger partial charge in [0, 0.05) is 18.5 Å². The van der Waals surface area contributed by atoms with Crippen LogP contribution in [0.4, 0.5) is 5.82 Å². The molecule has 2 aromatic rings. The minimum Gasteiger partial charge on any atom is -0.395 e. The largest absolute Gasteiger partial charge is 0.405 e. The van der Waals surface area contributed by atoms with Crippen molar-refractivity contribution in [2.75, 3.05) is 31.3 Å². The maximum atomic E-state index is 13.6. The predicted octanol–water partition coefficient (Wildman–Crippen LogP) is 1.37. The number of nitrogens with zero attached hydrogens (tertiary/aromatic N) is 2. The van der Waals surface area contributed by atoms with Crippen molar-refractivity contribution in [3.63, 3.8) is 0 Å². The van der Waals surface area contributed by atoms with Gasteiger partial charge in [0.1, 0.15) is 17.3 Å². The summed E-state index contributed by atoms with van der Waals surface area (Å²) < 4.78 is 25.9. The molecular formula is C23H33N4O8PS2. The van der Waals surface area contributed by atoms with E-state index in [1.807, 2.05) is 30.3 Å². The van der Waals surface area contributed by atoms with Crippen LogP contribution >= 0.6 is 31.3 Å². The lowest BCUT2D eigenvalue weighted by Gasteiger charge is -2.23. The normalized spacial score (nSPS) is 23.3. The second kappa shape index (κ2) is 13.6. The molecule has 0 amide bonds. The van der Waals surface area contributed by atoms with Gasteiger partial charge in [-0.3, -0.25) is 18.4 Å². The molecule has 15 heteroatoms. The molecule has 1 aliphatic heterocycles. The zero-order valence-corrected chi connectivity index (χ0v) is 23.5. The van der Waals surface area contributed by atoms with Crippen molar-refractivity contribution in [1.82, 2.24) is 14.6 Å². The molecule has 6 N–H and O–H groups in total. The summed E-state index contributed by atoms with van der Waals surface area (Å²) in [5.41, 5.74) is 4.77. The maximum Gasteiger partial charge on any atom is 0.405 e. The number of hydrogen-bond acceptors (Lipinski definition) is 12. The molecule has 5 atom stereocenters. The van der Waals surface area contributed by atoms with E-state index in [2.05, 4.69) is 10.1 Å². The highest BCUT2D eigenvalue weighted by atomic mass is 32.2. The Bertz CT molecular complexity index is 1190. The Morgan fingerprint density at radius 3 is 2.61 bits per heavy atom. The Morgan fingerprint density at radius 2 is 1.95 bits per heavy atom. The fraction of sp³-hybridized carbons (Fsp3) is 0.522. The number of benzene rings is 1. The van der Waals surface area contributed by atoms with Crippen LogP contribution in [0.5, 0.6) is 0 Å². The van der Waals surface area contributed by atoms with Gasteiger partial charge >= 0.3 is 13.4 Å². The summed E-state index contributed by atoms with van der Waals surface area (Å²) >= 11 is 2.03. The van der Waals surface area contributed by atoms with E-state index < -0.39 is 41.7 Å². The molecule has 1 aromatic heterocycles. The molecule has 0 spiro atoms. The van der Waals surface area contributed by atoms with Crippen LogP contribution in [0.25, 0.3) is 0 Å². The number of aliphatic hydroxyl groups excluding tert-OH is 3. The molecule has 0 aliphatic carbocycles. The maximum absolute atomic E-state index is 13.6. The smallest absolute Gasteiger partial charge is 0.395 e. The van der Waals surface area contributed by atoms with Crippen molar-refractivity contribution in [3.8, 4) is 0 Å². The van der Waals surface area contributed by atoms with Gasteiger partial charge in [-0.15, -0.1) is 11.8 Å². The highest BCUT2D eigenvalue weighted by Gasteiger charge is 2.45. The number of aliphatic hydroxyl groups is 3. The second-order valence-corrected chi connectivity index (χ2v) is 13.5. The SMILES string of the molecule is CC(C)(CO)C(=O)SCCOP(=O)(NCc1ccccc1)OC[C@H]1S[C@@H](n2ccc(N)nc2=O)[C@@H](O)[C@@H]1O. The quantitative estimate of drug-likeness (QED) is 0.167. The molecule has 2 heterocycles. The number of anilines is 1. The Kier molecular flexibility index (Phi) is 11.0. The minimum atomic E-state index is -3.93. The van der Waals surface area contributed by atoms with Crippen LogP contribution < -0.4 is 16.5 Å². The summed E-state index contributed by atoms with van der Waals surface area (Å²) in [6, 6.07) is 10.6. The minimum absolute atomic E-state index is 0.0338. The van der Waals surface area contributed by atoms with Gasteiger partial charge in [0.25, 0.3) is 0 Å². The average Bonchev–Trinajstić information content (AvgIpc) is 3.18. The third-order valence-corrected chi connectivity index (χ3v) is 10.0. The van der Waals surface area contributed by atoms with Crippen LogP contribution in [0.2, 0.25) is 0 Å². The molecule has 0 radical (unpaired) electrons. The number of nitrogen functional groups attached to an aromatic ring is 1. The van der Waals surface area contributed by atoms with Crippen LogP contribution in [0, 0.1) is 5.41 Å². The summed E-state index contributed by atoms with van der Waals surface area (Å²) in [6.45, 7) is 2.76. The molecule has 1 saturated heterocycles. The number of carbonyl (C=O) groups excluding carboxylic acids is 1. The zero-order chi connectivity index (χ0) is 27.9. The first-order chi connectivity index (χ1) is 18.0. The zero-order valence-electron chi connectivity index (χ0n) is 21.0. The molecule has 38 heavy (non-hydrogen) atoms. The summed E-state index contributed by atoms with van der Waals surface area (Å²) in [5, 5.41) is 31.5. The van der Waals surface area contributed by atoms with Crippen molar-refractivity contribution in [2.45, 2.75) is 43.2 Å². The van der Waals surface area contributed by atoms with Gasteiger partial charge in [-0.1, -0.05) is 42.1 Å². The highest BCUT2D eigenvalue weighted by Crippen LogP contribution is 2.48. The number of carbonyl (C=O) groups is 1. The third kappa shape index (κ3) is 8.13. The monoisotopic (exact) mass is 588 g/mol. The van der Waals surface area contributed by atoms with E-state index in [0.29, 0.717) is 0 Å². The number of thioether (sulfide) groups is 2. The molecule has 1 fully saturated rings. The average molecular weight is 589 g/mol. The van der Waals surface area contributed by atoms with Gasteiger partial charge in [-0.05, 0) is 25.5 Å². The Labute approximate surface area is 228 Å². The van der Waals surface area contributed by atoms with Gasteiger partial charge in [0.2, 0.25) is 0 Å². The summed E-state index contributed by atoms with van der Waals surface area (Å²) in [4.78, 5) is 28.1. The number of nitrogens with two attached hydrogens (primary N) is 1. The second-order valence-electron chi connectivity index (χ2n) is 9.21. The van der Waals surface area contributed by atoms with Crippen LogP contribution in [-0.2, 0) is 25.0 Å². The predicted molar refractivity (Wildman–Crippen MR) is 146 cm³/mol. The van der Waals surface area contributed by atoms with Gasteiger partial charge in [-0.25, -0.2) is 14.4 Å². The summed E-state index contributed by atoms with van der Waals surface area (Å²) in [6.07, 6.45) is -1.22. The van der Waals surface area contributed by atoms with Gasteiger partial charge in [0.05, 0.1) is 36.6 Å². The molecule has 0 bridgehead atoms. The molecular weight excluding hydrogens is 555 g/mol. The molecule has 1 aromatic carbocycles. The van der Waals surface area contributed by atoms with Crippen LogP contribution in [0.1, 0.15) is 24.8 Å². The van der Waals surface area contributed by atoms with Gasteiger partial charge < -0.3 is 21.1 Å². The number of aromatic nitrogens is 2. The Balaban J connectivity index is 1.64. The highest BCUT2D eigenvalue weighted by molar-refractivity contribution is 8.13. The fourth-order valence-corrected chi connectivity index (χ4v) is 7.15. The van der Waals surface area contributed by atoms with Crippen molar-refractivity contribution in [3.05, 3.63) is 58.6 Å². The lowest BCUT2D eigenvalue weighted by molar-refractivity contribution is -0.119. The topological polar surface area (TPSA) is 186 Å². The molecule has 0 saturated carbocycles. The van der Waals surface area contributed by atoms with E-state index in [0.717, 1.165) is 29.1 Å². The number of rotatable bonds is 13. The van der Waals surface area contributed by atoms with Crippen molar-refractivity contribution >= 4 is 42.2 Å². The van der Waals surface area contributed by atoms with E-state index in [1.54, 1.807) is 13.8 Å². The summed E-state index contributed by atoms with van der Waals surface area (Å²) in [7, 11) is -3.93. The Hall–Kier alpha value is -1.74. The molecule has 1 unspecified atom stereocenters. The number of hydrogen-bond donors (Lipinski definition) is 5. The van der Waals surface area contributed by atoms with Gasteiger partial charge in [-0.2, -0.15) is 4.98 Å². The third-order valence-electron chi connectivity index (χ3n) is 5.72. The Morgan fingerprint density at radius 1 is 1.24 bits per heavy atom. The van der Waals surface area contributed by atoms with Crippen molar-refractivity contribution in [2.24, 2.45) is 5.41 Å². The first kappa shape index (κ1) is 30.8. The van der Waals surface area contributed by atoms with E-state index in [4.69, 9.17) is 14.8 Å². The van der Waals surface area contributed by atoms with E-state index >= 15 is 0 Å². The standard InChI is InChI=1S/C23H33N4O8PS2/c1-23(2,14-28)21(31)37-11-10-34-36(33,25-12-15-6-4-3-5-7-15)35-13-16-18(29)19(30)20(38-16)27-9-8-17(24)26-22(27)32/h3-9,16,18-20,28-30H,10-14H2,1-2H3,(H,25,33)(H2,24,26,32)/t16-,18-,19+,20-,36?/m1/s1. The first-order valence-electron chi connectivity index (χ1n) is 11.8. The lowest BCUT2D eigenvalue weighted by atomic mass is 9.97. The molecule has 3 rings (SSSR count). The van der Waals surface area contributed by atoms with Gasteiger partial charge in [0.15, 0.2) is 5.12 Å². The van der Waals surface area contributed by atoms with Crippen LogP contribution in [-0.4, -0.2) is 73.0 Å². The van der Waals surface area contributed by atoms with Crippen LogP contribution in [0.15, 0.2) is 47.4 Å². The van der Waals surface area contributed by atoms with E-state index in [1.165, 1.54) is 16.8 Å². The van der Waals surface area contributed by atoms with E-state index in [9.17, 15) is 29.5 Å². The van der Waals surface area contributed by atoms with Crippen molar-refractivity contribution in [1.29, 1.82) is 0 Å². The lowest BCUT2D eigenvalue weighted by Crippen LogP contribution is -2.36. The number of nitrogens with one attached hydrogen (secondary N) is 1.